The summed E-state index contributed by atoms with van der Waals surface area (Å²) < 4.78 is 4.24. The van der Waals surface area contributed by atoms with Crippen LogP contribution < -0.4 is 0 Å². The summed E-state index contributed by atoms with van der Waals surface area (Å²) in [6.07, 6.45) is 0. The fourth-order valence-electron chi connectivity index (χ4n) is 0.392. The van der Waals surface area contributed by atoms with E-state index in [0.717, 1.165) is 0 Å². The SMILES string of the molecule is O=C(O)c1onc(Cl)c1Cl. The van der Waals surface area contributed by atoms with Gasteiger partial charge < -0.3 is 9.63 Å². The Morgan fingerprint density at radius 2 is 2.20 bits per heavy atom. The molecule has 4 nitrogen and oxygen atoms in total. The summed E-state index contributed by atoms with van der Waals surface area (Å²) in [5.74, 6) is -1.73. The van der Waals surface area contributed by atoms with Crippen molar-refractivity contribution < 1.29 is 14.4 Å². The van der Waals surface area contributed by atoms with Crippen LogP contribution in [0.25, 0.3) is 0 Å². The van der Waals surface area contributed by atoms with Crippen molar-refractivity contribution in [1.29, 1.82) is 0 Å². The summed E-state index contributed by atoms with van der Waals surface area (Å²) in [7, 11) is 0. The summed E-state index contributed by atoms with van der Waals surface area (Å²) in [5, 5.41) is 11.1. The lowest BCUT2D eigenvalue weighted by atomic mass is 10.5. The molecule has 1 N–H and O–H groups in total. The van der Waals surface area contributed by atoms with E-state index in [4.69, 9.17) is 28.3 Å². The third kappa shape index (κ3) is 1.08. The zero-order chi connectivity index (χ0) is 7.72. The van der Waals surface area contributed by atoms with Gasteiger partial charge in [-0.2, -0.15) is 0 Å². The van der Waals surface area contributed by atoms with Gasteiger partial charge in [0.1, 0.15) is 5.02 Å². The molecule has 0 saturated heterocycles. The van der Waals surface area contributed by atoms with Crippen molar-refractivity contribution >= 4 is 29.2 Å². The molecule has 10 heavy (non-hydrogen) atoms. The molecule has 1 heterocycles. The van der Waals surface area contributed by atoms with E-state index in [0.29, 0.717) is 0 Å². The van der Waals surface area contributed by atoms with Gasteiger partial charge in [-0.05, 0) is 0 Å². The molecular weight excluding hydrogens is 181 g/mol. The third-order valence-corrected chi connectivity index (χ3v) is 1.50. The molecule has 0 spiro atoms. The number of nitrogens with zero attached hydrogens (tertiary/aromatic N) is 1. The van der Waals surface area contributed by atoms with Crippen molar-refractivity contribution in [2.45, 2.75) is 0 Å². The number of hydrogen-bond donors (Lipinski definition) is 1. The monoisotopic (exact) mass is 181 g/mol. The number of carboxylic acid groups (broad SMARTS) is 1. The lowest BCUT2D eigenvalue weighted by molar-refractivity contribution is 0.0652. The minimum Gasteiger partial charge on any atom is -0.475 e. The first-order chi connectivity index (χ1) is 4.63. The third-order valence-electron chi connectivity index (χ3n) is 0.792. The van der Waals surface area contributed by atoms with Crippen molar-refractivity contribution in [3.8, 4) is 0 Å². The van der Waals surface area contributed by atoms with E-state index in [9.17, 15) is 4.79 Å². The molecule has 54 valence electrons. The maximum Gasteiger partial charge on any atom is 0.376 e. The number of rotatable bonds is 1. The second-order valence-corrected chi connectivity index (χ2v) is 2.16. The topological polar surface area (TPSA) is 63.3 Å². The van der Waals surface area contributed by atoms with Crippen molar-refractivity contribution in [1.82, 2.24) is 5.16 Å². The molecule has 0 atom stereocenters. The van der Waals surface area contributed by atoms with Crippen molar-refractivity contribution in [2.24, 2.45) is 0 Å². The van der Waals surface area contributed by atoms with E-state index < -0.39 is 11.7 Å². The Hall–Kier alpha value is -0.740. The number of carbonyl (C=O) groups is 1. The van der Waals surface area contributed by atoms with Crippen LogP contribution in [0.4, 0.5) is 0 Å². The summed E-state index contributed by atoms with van der Waals surface area (Å²) in [4.78, 5) is 10.2. The van der Waals surface area contributed by atoms with Gasteiger partial charge in [0.15, 0.2) is 5.15 Å². The Morgan fingerprint density at radius 3 is 2.40 bits per heavy atom. The van der Waals surface area contributed by atoms with Gasteiger partial charge in [0.2, 0.25) is 0 Å². The maximum atomic E-state index is 10.2. The Kier molecular flexibility index (Phi) is 1.82. The Labute approximate surface area is 65.3 Å². The highest BCUT2D eigenvalue weighted by atomic mass is 35.5. The van der Waals surface area contributed by atoms with Gasteiger partial charge in [-0.1, -0.05) is 28.4 Å². The van der Waals surface area contributed by atoms with E-state index >= 15 is 0 Å². The Morgan fingerprint density at radius 1 is 1.60 bits per heavy atom. The fourth-order valence-corrected chi connectivity index (χ4v) is 0.663. The molecule has 0 saturated carbocycles. The van der Waals surface area contributed by atoms with Crippen LogP contribution in [-0.4, -0.2) is 16.2 Å². The van der Waals surface area contributed by atoms with E-state index in [-0.39, 0.29) is 10.2 Å². The van der Waals surface area contributed by atoms with Crippen LogP contribution >= 0.6 is 23.2 Å². The number of aromatic nitrogens is 1. The van der Waals surface area contributed by atoms with Crippen LogP contribution in [-0.2, 0) is 0 Å². The van der Waals surface area contributed by atoms with Gasteiger partial charge in [0.25, 0.3) is 5.76 Å². The molecule has 0 aliphatic rings. The van der Waals surface area contributed by atoms with E-state index in [1.165, 1.54) is 0 Å². The van der Waals surface area contributed by atoms with E-state index in [1.807, 2.05) is 0 Å². The molecule has 0 fully saturated rings. The zero-order valence-corrected chi connectivity index (χ0v) is 5.98. The lowest BCUT2D eigenvalue weighted by Crippen LogP contribution is -1.93. The number of carboxylic acids is 1. The molecule has 1 rings (SSSR count). The first-order valence-corrected chi connectivity index (χ1v) is 2.92. The fraction of sp³-hybridized carbons (Fsp3) is 0. The number of halogens is 2. The van der Waals surface area contributed by atoms with Gasteiger partial charge in [-0.15, -0.1) is 0 Å². The molecule has 0 aliphatic heterocycles. The van der Waals surface area contributed by atoms with Crippen LogP contribution in [0.3, 0.4) is 0 Å². The quantitative estimate of drug-likeness (QED) is 0.717. The molecule has 0 radical (unpaired) electrons. The van der Waals surface area contributed by atoms with Crippen molar-refractivity contribution in [3.05, 3.63) is 15.9 Å². The Balaban J connectivity index is 3.17. The van der Waals surface area contributed by atoms with Crippen LogP contribution in [0.2, 0.25) is 10.2 Å². The predicted molar refractivity (Wildman–Crippen MR) is 33.5 cm³/mol. The molecule has 0 bridgehead atoms. The lowest BCUT2D eigenvalue weighted by Gasteiger charge is -1.81. The second kappa shape index (κ2) is 2.48. The highest BCUT2D eigenvalue weighted by Crippen LogP contribution is 2.24. The van der Waals surface area contributed by atoms with Crippen LogP contribution in [0.1, 0.15) is 10.6 Å². The molecule has 1 aromatic rings. The first-order valence-electron chi connectivity index (χ1n) is 2.17. The maximum absolute atomic E-state index is 10.2. The van der Waals surface area contributed by atoms with E-state index in [1.54, 1.807) is 0 Å². The first kappa shape index (κ1) is 7.37. The normalized spacial score (nSPS) is 9.80. The number of hydrogen-bond acceptors (Lipinski definition) is 3. The van der Waals surface area contributed by atoms with Crippen LogP contribution in [0, 0.1) is 0 Å². The van der Waals surface area contributed by atoms with Crippen LogP contribution in [0.15, 0.2) is 4.52 Å². The van der Waals surface area contributed by atoms with Gasteiger partial charge in [0, 0.05) is 0 Å². The smallest absolute Gasteiger partial charge is 0.376 e. The predicted octanol–water partition coefficient (Wildman–Crippen LogP) is 1.68. The molecule has 0 unspecified atom stereocenters. The van der Waals surface area contributed by atoms with Crippen molar-refractivity contribution in [3.63, 3.8) is 0 Å². The highest BCUT2D eigenvalue weighted by Gasteiger charge is 2.18. The van der Waals surface area contributed by atoms with Crippen molar-refractivity contribution in [2.75, 3.05) is 0 Å². The molecule has 0 amide bonds. The average Bonchev–Trinajstić information content (AvgIpc) is 2.14. The number of aromatic carboxylic acids is 1. The minimum absolute atomic E-state index is 0.140. The second-order valence-electron chi connectivity index (χ2n) is 1.42. The molecular formula is C4HCl2NO3. The molecule has 0 aromatic carbocycles. The van der Waals surface area contributed by atoms with Gasteiger partial charge in [-0.25, -0.2) is 4.79 Å². The Bertz CT molecular complexity index is 269. The van der Waals surface area contributed by atoms with Crippen LogP contribution in [0.5, 0.6) is 0 Å². The van der Waals surface area contributed by atoms with Gasteiger partial charge in [0.05, 0.1) is 0 Å². The highest BCUT2D eigenvalue weighted by molar-refractivity contribution is 6.42. The minimum atomic E-state index is -1.29. The van der Waals surface area contributed by atoms with Gasteiger partial charge in [-0.3, -0.25) is 0 Å². The van der Waals surface area contributed by atoms with E-state index in [2.05, 4.69) is 9.68 Å². The zero-order valence-electron chi connectivity index (χ0n) is 4.47. The molecule has 0 aliphatic carbocycles. The summed E-state index contributed by atoms with van der Waals surface area (Å²) >= 11 is 10.6. The summed E-state index contributed by atoms with van der Waals surface area (Å²) in [6, 6.07) is 0. The largest absolute Gasteiger partial charge is 0.475 e. The summed E-state index contributed by atoms with van der Waals surface area (Å²) in [6.45, 7) is 0. The molecule has 1 aromatic heterocycles. The van der Waals surface area contributed by atoms with Gasteiger partial charge >= 0.3 is 5.97 Å². The average molecular weight is 182 g/mol. The molecule has 6 heteroatoms. The summed E-state index contributed by atoms with van der Waals surface area (Å²) in [5.41, 5.74) is 0. The standard InChI is InChI=1S/C4HCl2NO3/c5-1-2(4(8)9)10-7-3(1)6/h(H,8,9).